The normalized spacial score (nSPS) is 10.5. The number of hydrogen-bond donors (Lipinski definition) is 2. The van der Waals surface area contributed by atoms with Crippen molar-refractivity contribution < 1.29 is 14.7 Å². The average Bonchev–Trinajstić information content (AvgIpc) is 2.61. The summed E-state index contributed by atoms with van der Waals surface area (Å²) in [5.41, 5.74) is 0. The van der Waals surface area contributed by atoms with Crippen LogP contribution in [0.1, 0.15) is 26.7 Å². The van der Waals surface area contributed by atoms with Crippen LogP contribution in [0, 0.1) is 5.92 Å². The molecule has 0 aliphatic rings. The van der Waals surface area contributed by atoms with Crippen LogP contribution in [0.25, 0.3) is 0 Å². The lowest BCUT2D eigenvalue weighted by molar-refractivity contribution is -0.137. The van der Waals surface area contributed by atoms with Crippen molar-refractivity contribution in [2.45, 2.75) is 33.2 Å². The molecule has 1 aromatic rings. The highest BCUT2D eigenvalue weighted by molar-refractivity contribution is 5.89. The van der Waals surface area contributed by atoms with Gasteiger partial charge in [-0.25, -0.2) is 0 Å². The lowest BCUT2D eigenvalue weighted by Gasteiger charge is -2.04. The van der Waals surface area contributed by atoms with E-state index in [0.717, 1.165) is 6.42 Å². The molecular weight excluding hydrogens is 222 g/mol. The van der Waals surface area contributed by atoms with Crippen LogP contribution in [-0.4, -0.2) is 26.8 Å². The van der Waals surface area contributed by atoms with E-state index >= 15 is 0 Å². The van der Waals surface area contributed by atoms with Gasteiger partial charge in [0.05, 0.1) is 0 Å². The molecule has 0 unspecified atom stereocenters. The predicted molar refractivity (Wildman–Crippen MR) is 62.6 cm³/mol. The van der Waals surface area contributed by atoms with Gasteiger partial charge in [-0.2, -0.15) is 5.10 Å². The van der Waals surface area contributed by atoms with Crippen LogP contribution < -0.4 is 5.32 Å². The number of rotatable bonds is 6. The number of anilines is 1. The van der Waals surface area contributed by atoms with Gasteiger partial charge in [-0.15, -0.1) is 0 Å². The highest BCUT2D eigenvalue weighted by Crippen LogP contribution is 2.07. The Labute approximate surface area is 99.6 Å². The van der Waals surface area contributed by atoms with E-state index < -0.39 is 5.97 Å². The number of nitrogens with one attached hydrogen (secondary N) is 1. The minimum absolute atomic E-state index is 0.0979. The van der Waals surface area contributed by atoms with Crippen LogP contribution in [0.15, 0.2) is 12.3 Å². The van der Waals surface area contributed by atoms with Gasteiger partial charge < -0.3 is 10.4 Å². The molecular formula is C11H17N3O3. The maximum absolute atomic E-state index is 11.5. The van der Waals surface area contributed by atoms with E-state index in [1.807, 2.05) is 0 Å². The first-order chi connectivity index (χ1) is 7.97. The van der Waals surface area contributed by atoms with Gasteiger partial charge in [0.15, 0.2) is 5.82 Å². The van der Waals surface area contributed by atoms with Crippen LogP contribution in [0.2, 0.25) is 0 Å². The van der Waals surface area contributed by atoms with Gasteiger partial charge in [0, 0.05) is 18.7 Å². The first-order valence-corrected chi connectivity index (χ1v) is 5.52. The second-order valence-electron chi connectivity index (χ2n) is 4.27. The number of amides is 1. The van der Waals surface area contributed by atoms with Crippen molar-refractivity contribution in [3.05, 3.63) is 12.3 Å². The van der Waals surface area contributed by atoms with Crippen molar-refractivity contribution in [1.82, 2.24) is 9.78 Å². The number of aromatic nitrogens is 2. The molecule has 0 bridgehead atoms. The fourth-order valence-electron chi connectivity index (χ4n) is 1.28. The molecule has 0 atom stereocenters. The zero-order valence-corrected chi connectivity index (χ0v) is 10.0. The van der Waals surface area contributed by atoms with Crippen molar-refractivity contribution in [2.75, 3.05) is 5.32 Å². The number of carbonyl (C=O) groups is 2. The SMILES string of the molecule is CC(C)CCC(=O)Nc1ccn(CC(=O)O)n1. The first kappa shape index (κ1) is 13.2. The summed E-state index contributed by atoms with van der Waals surface area (Å²) in [6, 6.07) is 1.58. The Morgan fingerprint density at radius 1 is 1.53 bits per heavy atom. The van der Waals surface area contributed by atoms with Crippen LogP contribution in [-0.2, 0) is 16.1 Å². The summed E-state index contributed by atoms with van der Waals surface area (Å²) in [6.45, 7) is 3.89. The van der Waals surface area contributed by atoms with Crippen LogP contribution in [0.5, 0.6) is 0 Å². The van der Waals surface area contributed by atoms with Crippen LogP contribution in [0.3, 0.4) is 0 Å². The molecule has 0 spiro atoms. The van der Waals surface area contributed by atoms with Crippen LogP contribution in [0.4, 0.5) is 5.82 Å². The smallest absolute Gasteiger partial charge is 0.325 e. The second kappa shape index (κ2) is 6.03. The van der Waals surface area contributed by atoms with Crippen molar-refractivity contribution in [1.29, 1.82) is 0 Å². The third kappa shape index (κ3) is 5.14. The van der Waals surface area contributed by atoms with Gasteiger partial charge in [0.25, 0.3) is 0 Å². The molecule has 1 heterocycles. The zero-order chi connectivity index (χ0) is 12.8. The Hall–Kier alpha value is -1.85. The number of carboxylic acids is 1. The maximum Gasteiger partial charge on any atom is 0.325 e. The van der Waals surface area contributed by atoms with E-state index in [2.05, 4.69) is 24.3 Å². The summed E-state index contributed by atoms with van der Waals surface area (Å²) in [4.78, 5) is 21.9. The number of carboxylic acid groups (broad SMARTS) is 1. The van der Waals surface area contributed by atoms with Crippen molar-refractivity contribution >= 4 is 17.7 Å². The zero-order valence-electron chi connectivity index (χ0n) is 10.0. The fraction of sp³-hybridized carbons (Fsp3) is 0.545. The van der Waals surface area contributed by atoms with Crippen LogP contribution >= 0.6 is 0 Å². The molecule has 1 amide bonds. The van der Waals surface area contributed by atoms with Crippen molar-refractivity contribution in [2.24, 2.45) is 5.92 Å². The Balaban J connectivity index is 2.43. The minimum atomic E-state index is -0.967. The molecule has 0 aliphatic heterocycles. The molecule has 1 aromatic heterocycles. The number of hydrogen-bond acceptors (Lipinski definition) is 3. The Morgan fingerprint density at radius 2 is 2.24 bits per heavy atom. The van der Waals surface area contributed by atoms with Gasteiger partial charge in [-0.05, 0) is 12.3 Å². The lowest BCUT2D eigenvalue weighted by Crippen LogP contribution is -2.14. The van der Waals surface area contributed by atoms with Gasteiger partial charge in [-0.1, -0.05) is 13.8 Å². The summed E-state index contributed by atoms with van der Waals surface area (Å²) in [5.74, 6) is -0.199. The van der Waals surface area contributed by atoms with Gasteiger partial charge in [-0.3, -0.25) is 14.3 Å². The quantitative estimate of drug-likeness (QED) is 0.784. The first-order valence-electron chi connectivity index (χ1n) is 5.52. The molecule has 6 heteroatoms. The number of carbonyl (C=O) groups excluding carboxylic acids is 1. The average molecular weight is 239 g/mol. The van der Waals surface area contributed by atoms with Crippen molar-refractivity contribution in [3.63, 3.8) is 0 Å². The third-order valence-electron chi connectivity index (χ3n) is 2.15. The summed E-state index contributed by atoms with van der Waals surface area (Å²) in [6.07, 6.45) is 2.79. The topological polar surface area (TPSA) is 84.2 Å². The van der Waals surface area contributed by atoms with E-state index in [-0.39, 0.29) is 12.5 Å². The highest BCUT2D eigenvalue weighted by atomic mass is 16.4. The largest absolute Gasteiger partial charge is 0.480 e. The van der Waals surface area contributed by atoms with E-state index in [1.165, 1.54) is 10.9 Å². The molecule has 17 heavy (non-hydrogen) atoms. The van der Waals surface area contributed by atoms with Gasteiger partial charge >= 0.3 is 5.97 Å². The maximum atomic E-state index is 11.5. The Bertz CT molecular complexity index is 398. The standard InChI is InChI=1S/C11H17N3O3/c1-8(2)3-4-10(15)12-9-5-6-14(13-9)7-11(16)17/h5-6,8H,3-4,7H2,1-2H3,(H,16,17)(H,12,13,15). The van der Waals surface area contributed by atoms with Crippen molar-refractivity contribution in [3.8, 4) is 0 Å². The number of nitrogens with zero attached hydrogens (tertiary/aromatic N) is 2. The van der Waals surface area contributed by atoms with Gasteiger partial charge in [0.1, 0.15) is 6.54 Å². The van der Waals surface area contributed by atoms with Gasteiger partial charge in [0.2, 0.25) is 5.91 Å². The minimum Gasteiger partial charge on any atom is -0.480 e. The lowest BCUT2D eigenvalue weighted by atomic mass is 10.1. The monoisotopic (exact) mass is 239 g/mol. The molecule has 0 radical (unpaired) electrons. The van der Waals surface area contributed by atoms with E-state index in [1.54, 1.807) is 6.07 Å². The molecule has 0 aliphatic carbocycles. The molecule has 0 saturated carbocycles. The molecule has 0 fully saturated rings. The molecule has 0 saturated heterocycles. The summed E-state index contributed by atoms with van der Waals surface area (Å²) < 4.78 is 1.26. The molecule has 6 nitrogen and oxygen atoms in total. The van der Waals surface area contributed by atoms with E-state index in [9.17, 15) is 9.59 Å². The Kier molecular flexibility index (Phi) is 4.68. The summed E-state index contributed by atoms with van der Waals surface area (Å²) in [7, 11) is 0. The molecule has 1 rings (SSSR count). The third-order valence-corrected chi connectivity index (χ3v) is 2.15. The number of aliphatic carboxylic acids is 1. The second-order valence-corrected chi connectivity index (χ2v) is 4.27. The summed E-state index contributed by atoms with van der Waals surface area (Å²) in [5, 5.41) is 15.1. The molecule has 94 valence electrons. The van der Waals surface area contributed by atoms with E-state index in [4.69, 9.17) is 5.11 Å². The fourth-order valence-corrected chi connectivity index (χ4v) is 1.28. The van der Waals surface area contributed by atoms with E-state index in [0.29, 0.717) is 18.2 Å². The predicted octanol–water partition coefficient (Wildman–Crippen LogP) is 1.34. The highest BCUT2D eigenvalue weighted by Gasteiger charge is 2.07. The Morgan fingerprint density at radius 3 is 2.82 bits per heavy atom. The molecule has 2 N–H and O–H groups in total. The molecule has 0 aromatic carbocycles. The summed E-state index contributed by atoms with van der Waals surface area (Å²) >= 11 is 0.